The summed E-state index contributed by atoms with van der Waals surface area (Å²) in [4.78, 5) is 24.3. The van der Waals surface area contributed by atoms with Crippen molar-refractivity contribution in [3.05, 3.63) is 24.9 Å². The summed E-state index contributed by atoms with van der Waals surface area (Å²) in [6.07, 6.45) is 4.97. The summed E-state index contributed by atoms with van der Waals surface area (Å²) in [6, 6.07) is 2.02. The molecule has 1 aliphatic heterocycles. The molecule has 0 radical (unpaired) electrons. The lowest BCUT2D eigenvalue weighted by molar-refractivity contribution is 0.0398. The fraction of sp³-hybridized carbons (Fsp3) is 0.500. The Bertz CT molecular complexity index is 906. The Hall–Kier alpha value is -2.85. The molecule has 10 heteroatoms. The molecule has 28 heavy (non-hydrogen) atoms. The van der Waals surface area contributed by atoms with Crippen LogP contribution in [-0.2, 0) is 4.74 Å². The van der Waals surface area contributed by atoms with Crippen LogP contribution < -0.4 is 10.6 Å². The monoisotopic (exact) mass is 383 g/mol. The van der Waals surface area contributed by atoms with E-state index in [1.807, 2.05) is 10.9 Å². The van der Waals surface area contributed by atoms with Gasteiger partial charge in [0.1, 0.15) is 12.1 Å². The van der Waals surface area contributed by atoms with Crippen LogP contribution in [0.3, 0.4) is 0 Å². The Morgan fingerprint density at radius 2 is 2.04 bits per heavy atom. The lowest BCUT2D eigenvalue weighted by Crippen LogP contribution is -2.39. The molecule has 10 nitrogen and oxygen atoms in total. The van der Waals surface area contributed by atoms with Crippen LogP contribution >= 0.6 is 0 Å². The molecule has 0 aromatic carbocycles. The van der Waals surface area contributed by atoms with Crippen LogP contribution in [0, 0.1) is 0 Å². The number of imidazole rings is 1. The summed E-state index contributed by atoms with van der Waals surface area (Å²) in [7, 11) is 0. The second-order valence-electron chi connectivity index (χ2n) is 6.91. The first-order valence-electron chi connectivity index (χ1n) is 9.52. The maximum absolute atomic E-state index is 5.41. The highest BCUT2D eigenvalue weighted by atomic mass is 16.5. The number of hydrogen-bond donors (Lipinski definition) is 2. The number of nitrogens with one attached hydrogen (secondary N) is 2. The fourth-order valence-corrected chi connectivity index (χ4v) is 3.11. The Morgan fingerprint density at radius 1 is 1.18 bits per heavy atom. The average molecular weight is 383 g/mol. The van der Waals surface area contributed by atoms with E-state index in [1.54, 1.807) is 12.3 Å². The van der Waals surface area contributed by atoms with Gasteiger partial charge in [-0.05, 0) is 19.9 Å². The van der Waals surface area contributed by atoms with Gasteiger partial charge in [0.05, 0.1) is 19.5 Å². The molecule has 4 heterocycles. The SMILES string of the molecule is CC(C)n1cnc2c(NCCN3CCOCC3)nc(Nc3ccncn3)nc21. The molecule has 1 aliphatic rings. The highest BCUT2D eigenvalue weighted by molar-refractivity contribution is 5.84. The van der Waals surface area contributed by atoms with E-state index in [2.05, 4.69) is 54.3 Å². The van der Waals surface area contributed by atoms with Gasteiger partial charge < -0.3 is 19.9 Å². The first kappa shape index (κ1) is 18.5. The van der Waals surface area contributed by atoms with Crippen molar-refractivity contribution in [2.75, 3.05) is 50.0 Å². The van der Waals surface area contributed by atoms with Gasteiger partial charge in [-0.2, -0.15) is 9.97 Å². The van der Waals surface area contributed by atoms with Gasteiger partial charge in [0.25, 0.3) is 0 Å². The number of hydrogen-bond acceptors (Lipinski definition) is 9. The summed E-state index contributed by atoms with van der Waals surface area (Å²) in [5, 5.41) is 6.58. The Labute approximate surface area is 163 Å². The van der Waals surface area contributed by atoms with Crippen LogP contribution in [-0.4, -0.2) is 73.8 Å². The minimum absolute atomic E-state index is 0.244. The van der Waals surface area contributed by atoms with Crippen molar-refractivity contribution < 1.29 is 4.74 Å². The Morgan fingerprint density at radius 3 is 2.79 bits per heavy atom. The van der Waals surface area contributed by atoms with E-state index in [0.717, 1.165) is 50.6 Å². The molecule has 0 atom stereocenters. The molecule has 4 rings (SSSR count). The molecule has 0 unspecified atom stereocenters. The number of ether oxygens (including phenoxy) is 1. The summed E-state index contributed by atoms with van der Waals surface area (Å²) in [5.74, 6) is 1.83. The van der Waals surface area contributed by atoms with Crippen LogP contribution in [0.1, 0.15) is 19.9 Å². The van der Waals surface area contributed by atoms with E-state index in [4.69, 9.17) is 4.74 Å². The summed E-state index contributed by atoms with van der Waals surface area (Å²) in [6.45, 7) is 9.42. The Balaban J connectivity index is 1.57. The molecule has 3 aromatic heterocycles. The average Bonchev–Trinajstić information content (AvgIpc) is 3.14. The maximum Gasteiger partial charge on any atom is 0.232 e. The number of aromatic nitrogens is 6. The van der Waals surface area contributed by atoms with Gasteiger partial charge in [-0.3, -0.25) is 4.90 Å². The molecule has 0 bridgehead atoms. The van der Waals surface area contributed by atoms with Crippen LogP contribution in [0.25, 0.3) is 11.2 Å². The van der Waals surface area contributed by atoms with E-state index in [-0.39, 0.29) is 6.04 Å². The molecule has 0 saturated carbocycles. The number of anilines is 3. The minimum Gasteiger partial charge on any atom is -0.379 e. The first-order valence-corrected chi connectivity index (χ1v) is 9.52. The number of nitrogens with zero attached hydrogens (tertiary/aromatic N) is 7. The quantitative estimate of drug-likeness (QED) is 0.630. The third-order valence-electron chi connectivity index (χ3n) is 4.62. The van der Waals surface area contributed by atoms with Crippen molar-refractivity contribution in [3.8, 4) is 0 Å². The second-order valence-corrected chi connectivity index (χ2v) is 6.91. The van der Waals surface area contributed by atoms with Gasteiger partial charge in [-0.15, -0.1) is 0 Å². The normalized spacial score (nSPS) is 15.2. The molecular formula is C18H25N9O. The van der Waals surface area contributed by atoms with E-state index in [1.165, 1.54) is 6.33 Å². The van der Waals surface area contributed by atoms with Gasteiger partial charge in [-0.1, -0.05) is 0 Å². The van der Waals surface area contributed by atoms with Crippen molar-refractivity contribution in [3.63, 3.8) is 0 Å². The summed E-state index contributed by atoms with van der Waals surface area (Å²) in [5.41, 5.74) is 1.55. The first-order chi connectivity index (χ1) is 13.7. The van der Waals surface area contributed by atoms with E-state index in [9.17, 15) is 0 Å². The predicted octanol–water partition coefficient (Wildman–Crippen LogP) is 1.68. The van der Waals surface area contributed by atoms with Gasteiger partial charge in [0.15, 0.2) is 17.0 Å². The largest absolute Gasteiger partial charge is 0.379 e. The molecule has 3 aromatic rings. The zero-order chi connectivity index (χ0) is 19.3. The van der Waals surface area contributed by atoms with E-state index in [0.29, 0.717) is 17.6 Å². The van der Waals surface area contributed by atoms with Crippen molar-refractivity contribution in [2.45, 2.75) is 19.9 Å². The minimum atomic E-state index is 0.244. The molecule has 0 amide bonds. The number of morpholine rings is 1. The standard InChI is InChI=1S/C18H25N9O/c1-13(2)27-12-22-15-16(20-5-6-26-7-9-28-10-8-26)24-18(25-17(15)27)23-14-3-4-19-11-21-14/h3-4,11-13H,5-10H2,1-2H3,(H2,19,20,21,23,24,25). The fourth-order valence-electron chi connectivity index (χ4n) is 3.11. The van der Waals surface area contributed by atoms with Gasteiger partial charge in [0, 0.05) is 38.4 Å². The maximum atomic E-state index is 5.41. The number of fused-ring (bicyclic) bond motifs is 1. The van der Waals surface area contributed by atoms with Crippen LogP contribution in [0.5, 0.6) is 0 Å². The van der Waals surface area contributed by atoms with Crippen LogP contribution in [0.15, 0.2) is 24.9 Å². The highest BCUT2D eigenvalue weighted by Crippen LogP contribution is 2.24. The van der Waals surface area contributed by atoms with Crippen molar-refractivity contribution >= 4 is 28.7 Å². The van der Waals surface area contributed by atoms with Crippen molar-refractivity contribution in [1.29, 1.82) is 0 Å². The van der Waals surface area contributed by atoms with Gasteiger partial charge in [0.2, 0.25) is 5.95 Å². The third kappa shape index (κ3) is 4.18. The lowest BCUT2D eigenvalue weighted by Gasteiger charge is -2.26. The molecule has 1 fully saturated rings. The molecule has 1 saturated heterocycles. The smallest absolute Gasteiger partial charge is 0.232 e. The second kappa shape index (κ2) is 8.44. The van der Waals surface area contributed by atoms with E-state index >= 15 is 0 Å². The zero-order valence-electron chi connectivity index (χ0n) is 16.2. The molecule has 148 valence electrons. The molecule has 0 spiro atoms. The molecular weight excluding hydrogens is 358 g/mol. The van der Waals surface area contributed by atoms with Crippen molar-refractivity contribution in [1.82, 2.24) is 34.4 Å². The third-order valence-corrected chi connectivity index (χ3v) is 4.62. The van der Waals surface area contributed by atoms with Crippen LogP contribution in [0.4, 0.5) is 17.6 Å². The topological polar surface area (TPSA) is 106 Å². The van der Waals surface area contributed by atoms with Gasteiger partial charge >= 0.3 is 0 Å². The van der Waals surface area contributed by atoms with E-state index < -0.39 is 0 Å². The Kier molecular flexibility index (Phi) is 5.58. The molecule has 0 aliphatic carbocycles. The lowest BCUT2D eigenvalue weighted by atomic mass is 10.4. The molecule has 2 N–H and O–H groups in total. The zero-order valence-corrected chi connectivity index (χ0v) is 16.2. The van der Waals surface area contributed by atoms with Gasteiger partial charge in [-0.25, -0.2) is 15.0 Å². The van der Waals surface area contributed by atoms with Crippen molar-refractivity contribution in [2.24, 2.45) is 0 Å². The highest BCUT2D eigenvalue weighted by Gasteiger charge is 2.16. The predicted molar refractivity (Wildman–Crippen MR) is 107 cm³/mol. The summed E-state index contributed by atoms with van der Waals surface area (Å²) < 4.78 is 7.44. The number of rotatable bonds is 7. The summed E-state index contributed by atoms with van der Waals surface area (Å²) >= 11 is 0. The van der Waals surface area contributed by atoms with Crippen LogP contribution in [0.2, 0.25) is 0 Å².